The zero-order valence-corrected chi connectivity index (χ0v) is 13.4. The number of ether oxygens (including phenoxy) is 1. The van der Waals surface area contributed by atoms with E-state index in [0.717, 1.165) is 5.56 Å². The van der Waals surface area contributed by atoms with Crippen LogP contribution in [0.1, 0.15) is 15.9 Å². The van der Waals surface area contributed by atoms with Crippen molar-refractivity contribution in [1.82, 2.24) is 0 Å². The lowest BCUT2D eigenvalue weighted by molar-refractivity contribution is -0.141. The molecule has 2 rings (SSSR count). The number of carbonyl (C=O) groups is 3. The summed E-state index contributed by atoms with van der Waals surface area (Å²) in [6.45, 7) is -0.352. The third-order valence-electron chi connectivity index (χ3n) is 3.10. The first-order valence-electron chi connectivity index (χ1n) is 7.04. The van der Waals surface area contributed by atoms with Gasteiger partial charge in [0.15, 0.2) is 12.4 Å². The Bertz CT molecular complexity index is 742. The number of nitrogens with one attached hydrogen (secondary N) is 1. The number of hydrogen-bond acceptors (Lipinski definition) is 4. The summed E-state index contributed by atoms with van der Waals surface area (Å²) in [6.07, 6.45) is 0.0614. The van der Waals surface area contributed by atoms with E-state index in [0.29, 0.717) is 16.3 Å². The first-order chi connectivity index (χ1) is 11.4. The first kappa shape index (κ1) is 17.5. The van der Waals surface area contributed by atoms with E-state index in [1.807, 2.05) is 0 Å². The SMILES string of the molecule is NC(=O)Nc1ccc(C(=O)COC(=O)Cc2ccc(Cl)cc2)cc1. The smallest absolute Gasteiger partial charge is 0.316 e. The molecule has 0 atom stereocenters. The fourth-order valence-electron chi connectivity index (χ4n) is 1.93. The first-order valence-corrected chi connectivity index (χ1v) is 7.41. The molecule has 124 valence electrons. The summed E-state index contributed by atoms with van der Waals surface area (Å²) >= 11 is 5.77. The fraction of sp³-hybridized carbons (Fsp3) is 0.118. The van der Waals surface area contributed by atoms with Crippen molar-refractivity contribution in [3.05, 3.63) is 64.7 Å². The number of ketones is 1. The molecule has 0 saturated heterocycles. The molecule has 3 N–H and O–H groups in total. The number of carbonyl (C=O) groups excluding carboxylic acids is 3. The normalized spacial score (nSPS) is 10.0. The quantitative estimate of drug-likeness (QED) is 0.620. The van der Waals surface area contributed by atoms with Crippen molar-refractivity contribution in [2.24, 2.45) is 5.73 Å². The average Bonchev–Trinajstić information content (AvgIpc) is 2.55. The molecule has 6 nitrogen and oxygen atoms in total. The summed E-state index contributed by atoms with van der Waals surface area (Å²) in [5.41, 5.74) is 6.58. The van der Waals surface area contributed by atoms with Crippen molar-refractivity contribution >= 4 is 35.1 Å². The van der Waals surface area contributed by atoms with Crippen molar-refractivity contribution in [2.45, 2.75) is 6.42 Å². The molecular formula is C17H15ClN2O4. The molecule has 0 unspecified atom stereocenters. The summed E-state index contributed by atoms with van der Waals surface area (Å²) in [6, 6.07) is 12.2. The van der Waals surface area contributed by atoms with E-state index in [1.54, 1.807) is 24.3 Å². The van der Waals surface area contributed by atoms with Crippen LogP contribution in [0.15, 0.2) is 48.5 Å². The molecule has 0 heterocycles. The number of amides is 2. The Morgan fingerprint density at radius 2 is 1.62 bits per heavy atom. The van der Waals surface area contributed by atoms with Gasteiger partial charge in [0.2, 0.25) is 0 Å². The summed E-state index contributed by atoms with van der Waals surface area (Å²) in [5, 5.41) is 2.97. The number of nitrogens with two attached hydrogens (primary N) is 1. The van der Waals surface area contributed by atoms with Crippen molar-refractivity contribution in [1.29, 1.82) is 0 Å². The van der Waals surface area contributed by atoms with Gasteiger partial charge in [-0.3, -0.25) is 9.59 Å². The van der Waals surface area contributed by atoms with E-state index in [1.165, 1.54) is 24.3 Å². The summed E-state index contributed by atoms with van der Waals surface area (Å²) in [5.74, 6) is -0.845. The third-order valence-corrected chi connectivity index (χ3v) is 3.35. The van der Waals surface area contributed by atoms with Gasteiger partial charge in [-0.15, -0.1) is 0 Å². The molecular weight excluding hydrogens is 332 g/mol. The second-order valence-electron chi connectivity index (χ2n) is 4.95. The Kier molecular flexibility index (Phi) is 5.92. The molecule has 0 aromatic heterocycles. The molecule has 0 saturated carbocycles. The molecule has 24 heavy (non-hydrogen) atoms. The van der Waals surface area contributed by atoms with Gasteiger partial charge in [-0.2, -0.15) is 0 Å². The van der Waals surface area contributed by atoms with E-state index >= 15 is 0 Å². The number of primary amides is 1. The zero-order valence-electron chi connectivity index (χ0n) is 12.6. The van der Waals surface area contributed by atoms with Gasteiger partial charge in [0.1, 0.15) is 0 Å². The highest BCUT2D eigenvalue weighted by Crippen LogP contribution is 2.12. The number of esters is 1. The molecule has 0 bridgehead atoms. The van der Waals surface area contributed by atoms with Crippen molar-refractivity contribution in [3.8, 4) is 0 Å². The largest absolute Gasteiger partial charge is 0.457 e. The van der Waals surface area contributed by atoms with Crippen LogP contribution in [-0.4, -0.2) is 24.4 Å². The Hall–Kier alpha value is -2.86. The molecule has 0 spiro atoms. The summed E-state index contributed by atoms with van der Waals surface area (Å²) in [4.78, 5) is 34.4. The minimum atomic E-state index is -0.690. The lowest BCUT2D eigenvalue weighted by Gasteiger charge is -2.06. The van der Waals surface area contributed by atoms with E-state index < -0.39 is 12.0 Å². The van der Waals surface area contributed by atoms with E-state index in [4.69, 9.17) is 22.1 Å². The van der Waals surface area contributed by atoms with E-state index in [2.05, 4.69) is 5.32 Å². The van der Waals surface area contributed by atoms with Crippen molar-refractivity contribution in [2.75, 3.05) is 11.9 Å². The minimum Gasteiger partial charge on any atom is -0.457 e. The van der Waals surface area contributed by atoms with Crippen LogP contribution in [0.25, 0.3) is 0 Å². The molecule has 0 aliphatic rings. The van der Waals surface area contributed by atoms with Crippen LogP contribution in [0.4, 0.5) is 10.5 Å². The monoisotopic (exact) mass is 346 g/mol. The number of anilines is 1. The standard InChI is InChI=1S/C17H15ClN2O4/c18-13-5-1-11(2-6-13)9-16(22)24-10-15(21)12-3-7-14(8-4-12)20-17(19)23/h1-8H,9-10H2,(H3,19,20,23). The highest BCUT2D eigenvalue weighted by atomic mass is 35.5. The fourth-order valence-corrected chi connectivity index (χ4v) is 2.06. The molecule has 0 aliphatic carbocycles. The van der Waals surface area contributed by atoms with E-state index in [9.17, 15) is 14.4 Å². The van der Waals surface area contributed by atoms with Crippen LogP contribution >= 0.6 is 11.6 Å². The molecule has 0 fully saturated rings. The third kappa shape index (κ3) is 5.40. The highest BCUT2D eigenvalue weighted by molar-refractivity contribution is 6.30. The van der Waals surface area contributed by atoms with Crippen LogP contribution in [0, 0.1) is 0 Å². The average molecular weight is 347 g/mol. The maximum absolute atomic E-state index is 12.0. The predicted octanol–water partition coefficient (Wildman–Crippen LogP) is 2.80. The Morgan fingerprint density at radius 1 is 1.00 bits per heavy atom. The molecule has 2 aromatic rings. The second kappa shape index (κ2) is 8.12. The zero-order chi connectivity index (χ0) is 17.5. The Balaban J connectivity index is 1.84. The predicted molar refractivity (Wildman–Crippen MR) is 90.1 cm³/mol. The lowest BCUT2D eigenvalue weighted by Crippen LogP contribution is -2.19. The van der Waals surface area contributed by atoms with Crippen molar-refractivity contribution in [3.63, 3.8) is 0 Å². The molecule has 0 radical (unpaired) electrons. The van der Waals surface area contributed by atoms with Crippen LogP contribution < -0.4 is 11.1 Å². The Morgan fingerprint density at radius 3 is 2.21 bits per heavy atom. The van der Waals surface area contributed by atoms with Crippen LogP contribution in [0.2, 0.25) is 5.02 Å². The number of benzene rings is 2. The van der Waals surface area contributed by atoms with Crippen LogP contribution in [-0.2, 0) is 16.0 Å². The van der Waals surface area contributed by atoms with Gasteiger partial charge in [0.05, 0.1) is 6.42 Å². The van der Waals surface area contributed by atoms with Crippen molar-refractivity contribution < 1.29 is 19.1 Å². The number of Topliss-reactive ketones (excluding diaryl/α,β-unsaturated/α-hetero) is 1. The van der Waals surface area contributed by atoms with Gasteiger partial charge in [-0.1, -0.05) is 23.7 Å². The Labute approximate surface area is 143 Å². The number of halogens is 1. The topological polar surface area (TPSA) is 98.5 Å². The van der Waals surface area contributed by atoms with Gasteiger partial charge in [-0.25, -0.2) is 4.79 Å². The molecule has 2 amide bonds. The highest BCUT2D eigenvalue weighted by Gasteiger charge is 2.11. The minimum absolute atomic E-state index is 0.0614. The summed E-state index contributed by atoms with van der Waals surface area (Å²) in [7, 11) is 0. The summed E-state index contributed by atoms with van der Waals surface area (Å²) < 4.78 is 4.98. The molecule has 7 heteroatoms. The van der Waals surface area contributed by atoms with Gasteiger partial charge >= 0.3 is 12.0 Å². The molecule has 2 aromatic carbocycles. The number of rotatable bonds is 6. The van der Waals surface area contributed by atoms with Gasteiger partial charge in [-0.05, 0) is 42.0 Å². The number of urea groups is 1. The van der Waals surface area contributed by atoms with E-state index in [-0.39, 0.29) is 18.8 Å². The maximum Gasteiger partial charge on any atom is 0.316 e. The van der Waals surface area contributed by atoms with Gasteiger partial charge in [0, 0.05) is 16.3 Å². The maximum atomic E-state index is 12.0. The van der Waals surface area contributed by atoms with Crippen LogP contribution in [0.3, 0.4) is 0 Å². The van der Waals surface area contributed by atoms with Gasteiger partial charge < -0.3 is 15.8 Å². The van der Waals surface area contributed by atoms with Gasteiger partial charge in [0.25, 0.3) is 0 Å². The van der Waals surface area contributed by atoms with Crippen LogP contribution in [0.5, 0.6) is 0 Å². The second-order valence-corrected chi connectivity index (χ2v) is 5.39. The number of hydrogen-bond donors (Lipinski definition) is 2. The lowest BCUT2D eigenvalue weighted by atomic mass is 10.1. The molecule has 0 aliphatic heterocycles.